The van der Waals surface area contributed by atoms with Crippen LogP contribution >= 0.6 is 0 Å². The zero-order chi connectivity index (χ0) is 12.1. The monoisotopic (exact) mass is 238 g/mol. The predicted octanol–water partition coefficient (Wildman–Crippen LogP) is 3.30. The molecule has 0 aromatic heterocycles. The third kappa shape index (κ3) is 3.96. The molecule has 2 unspecified atom stereocenters. The molecule has 2 rings (SSSR count). The standard InChI is InChI=1S/C15H30N2/c1-2-3-12-17(13-10-11-13)15-9-7-5-4-6-8-14(15)16/h13-15H,2-12,16H2,1H3. The first-order valence-electron chi connectivity index (χ1n) is 7.84. The van der Waals surface area contributed by atoms with Gasteiger partial charge in [0.05, 0.1) is 0 Å². The molecule has 2 fully saturated rings. The van der Waals surface area contributed by atoms with E-state index in [1.54, 1.807) is 0 Å². The average molecular weight is 238 g/mol. The van der Waals surface area contributed by atoms with Gasteiger partial charge in [-0.2, -0.15) is 0 Å². The highest BCUT2D eigenvalue weighted by atomic mass is 15.2. The van der Waals surface area contributed by atoms with Crippen molar-refractivity contribution in [2.75, 3.05) is 6.54 Å². The van der Waals surface area contributed by atoms with Crippen LogP contribution in [0.2, 0.25) is 0 Å². The van der Waals surface area contributed by atoms with Crippen molar-refractivity contribution in [1.29, 1.82) is 0 Å². The van der Waals surface area contributed by atoms with Gasteiger partial charge < -0.3 is 5.73 Å². The van der Waals surface area contributed by atoms with Crippen molar-refractivity contribution in [2.45, 2.75) is 89.3 Å². The van der Waals surface area contributed by atoms with Gasteiger partial charge in [0.2, 0.25) is 0 Å². The van der Waals surface area contributed by atoms with Gasteiger partial charge in [-0.3, -0.25) is 4.90 Å². The predicted molar refractivity (Wildman–Crippen MR) is 74.1 cm³/mol. The molecule has 0 amide bonds. The number of nitrogens with two attached hydrogens (primary N) is 1. The Morgan fingerprint density at radius 3 is 2.35 bits per heavy atom. The van der Waals surface area contributed by atoms with Crippen molar-refractivity contribution in [3.63, 3.8) is 0 Å². The molecule has 2 nitrogen and oxygen atoms in total. The summed E-state index contributed by atoms with van der Waals surface area (Å²) in [7, 11) is 0. The number of hydrogen-bond donors (Lipinski definition) is 1. The second-order valence-electron chi connectivity index (χ2n) is 6.05. The number of hydrogen-bond acceptors (Lipinski definition) is 2. The van der Waals surface area contributed by atoms with E-state index in [-0.39, 0.29) is 0 Å². The maximum atomic E-state index is 6.44. The molecule has 2 atom stereocenters. The summed E-state index contributed by atoms with van der Waals surface area (Å²) in [6, 6.07) is 2.01. The highest BCUT2D eigenvalue weighted by Gasteiger charge is 2.35. The molecule has 2 aliphatic rings. The molecule has 0 spiro atoms. The van der Waals surface area contributed by atoms with Gasteiger partial charge in [0.1, 0.15) is 0 Å². The van der Waals surface area contributed by atoms with E-state index >= 15 is 0 Å². The van der Waals surface area contributed by atoms with Crippen molar-refractivity contribution >= 4 is 0 Å². The van der Waals surface area contributed by atoms with E-state index in [0.717, 1.165) is 6.04 Å². The second-order valence-corrected chi connectivity index (χ2v) is 6.05. The summed E-state index contributed by atoms with van der Waals surface area (Å²) in [6.45, 7) is 3.59. The molecule has 0 aliphatic heterocycles. The Labute approximate surface area is 107 Å². The molecule has 2 saturated carbocycles. The summed E-state index contributed by atoms with van der Waals surface area (Å²) in [5, 5.41) is 0. The zero-order valence-electron chi connectivity index (χ0n) is 11.5. The van der Waals surface area contributed by atoms with Gasteiger partial charge >= 0.3 is 0 Å². The Morgan fingerprint density at radius 2 is 1.71 bits per heavy atom. The summed E-state index contributed by atoms with van der Waals surface area (Å²) in [5.41, 5.74) is 6.44. The molecule has 0 heterocycles. The summed E-state index contributed by atoms with van der Waals surface area (Å²) in [4.78, 5) is 2.78. The summed E-state index contributed by atoms with van der Waals surface area (Å²) in [5.74, 6) is 0. The molecule has 2 aliphatic carbocycles. The molecule has 17 heavy (non-hydrogen) atoms. The SMILES string of the molecule is CCCCN(C1CC1)C1CCCCCCC1N. The van der Waals surface area contributed by atoms with Crippen LogP contribution < -0.4 is 5.73 Å². The molecular weight excluding hydrogens is 208 g/mol. The first-order chi connectivity index (χ1) is 8.33. The minimum absolute atomic E-state index is 0.438. The minimum atomic E-state index is 0.438. The fraction of sp³-hybridized carbons (Fsp3) is 1.00. The van der Waals surface area contributed by atoms with E-state index < -0.39 is 0 Å². The van der Waals surface area contributed by atoms with Crippen LogP contribution in [0.25, 0.3) is 0 Å². The molecule has 2 heteroatoms. The molecule has 0 bridgehead atoms. The fourth-order valence-corrected chi connectivity index (χ4v) is 3.27. The quantitative estimate of drug-likeness (QED) is 0.796. The van der Waals surface area contributed by atoms with Crippen LogP contribution in [0.1, 0.15) is 71.1 Å². The second kappa shape index (κ2) is 6.75. The summed E-state index contributed by atoms with van der Waals surface area (Å²) < 4.78 is 0. The number of rotatable bonds is 5. The van der Waals surface area contributed by atoms with E-state index in [9.17, 15) is 0 Å². The van der Waals surface area contributed by atoms with E-state index in [4.69, 9.17) is 5.73 Å². The maximum absolute atomic E-state index is 6.44. The largest absolute Gasteiger partial charge is 0.326 e. The lowest BCUT2D eigenvalue weighted by Crippen LogP contribution is -2.49. The molecule has 2 N–H and O–H groups in total. The minimum Gasteiger partial charge on any atom is -0.326 e. The van der Waals surface area contributed by atoms with Crippen LogP contribution in [0.5, 0.6) is 0 Å². The third-order valence-electron chi connectivity index (χ3n) is 4.49. The Kier molecular flexibility index (Phi) is 5.30. The van der Waals surface area contributed by atoms with E-state index in [1.165, 1.54) is 70.8 Å². The van der Waals surface area contributed by atoms with Crippen molar-refractivity contribution in [1.82, 2.24) is 4.90 Å². The van der Waals surface area contributed by atoms with Gasteiger partial charge in [-0.1, -0.05) is 39.0 Å². The van der Waals surface area contributed by atoms with Crippen LogP contribution in [0.15, 0.2) is 0 Å². The van der Waals surface area contributed by atoms with Gasteiger partial charge in [0, 0.05) is 18.1 Å². The van der Waals surface area contributed by atoms with Gasteiger partial charge in [0.15, 0.2) is 0 Å². The lowest BCUT2D eigenvalue weighted by Gasteiger charge is -2.37. The molecular formula is C15H30N2. The van der Waals surface area contributed by atoms with E-state index in [0.29, 0.717) is 12.1 Å². The highest BCUT2D eigenvalue weighted by Crippen LogP contribution is 2.32. The van der Waals surface area contributed by atoms with Gasteiger partial charge in [-0.05, 0) is 38.6 Å². The van der Waals surface area contributed by atoms with Crippen LogP contribution in [-0.2, 0) is 0 Å². The van der Waals surface area contributed by atoms with Crippen LogP contribution in [0, 0.1) is 0 Å². The summed E-state index contributed by atoms with van der Waals surface area (Å²) in [6.07, 6.45) is 13.7. The van der Waals surface area contributed by atoms with Gasteiger partial charge in [-0.15, -0.1) is 0 Å². The van der Waals surface area contributed by atoms with Crippen molar-refractivity contribution in [3.05, 3.63) is 0 Å². The lowest BCUT2D eigenvalue weighted by atomic mass is 9.91. The molecule has 0 aromatic carbocycles. The van der Waals surface area contributed by atoms with Crippen molar-refractivity contribution in [2.24, 2.45) is 5.73 Å². The number of nitrogens with zero attached hydrogens (tertiary/aromatic N) is 1. The maximum Gasteiger partial charge on any atom is 0.0250 e. The molecule has 0 saturated heterocycles. The van der Waals surface area contributed by atoms with E-state index in [1.807, 2.05) is 0 Å². The lowest BCUT2D eigenvalue weighted by molar-refractivity contribution is 0.137. The zero-order valence-corrected chi connectivity index (χ0v) is 11.5. The average Bonchev–Trinajstić information content (AvgIpc) is 3.12. The molecule has 100 valence electrons. The first-order valence-corrected chi connectivity index (χ1v) is 7.84. The van der Waals surface area contributed by atoms with Crippen LogP contribution in [0.4, 0.5) is 0 Å². The first kappa shape index (κ1) is 13.4. The smallest absolute Gasteiger partial charge is 0.0250 e. The van der Waals surface area contributed by atoms with Crippen molar-refractivity contribution in [3.8, 4) is 0 Å². The Bertz CT molecular complexity index is 213. The highest BCUT2D eigenvalue weighted by molar-refractivity contribution is 4.93. The Morgan fingerprint density at radius 1 is 1.00 bits per heavy atom. The number of unbranched alkanes of at least 4 members (excludes halogenated alkanes) is 1. The van der Waals surface area contributed by atoms with Crippen LogP contribution in [-0.4, -0.2) is 29.6 Å². The normalized spacial score (nSPS) is 31.2. The molecule has 0 aromatic rings. The van der Waals surface area contributed by atoms with Crippen molar-refractivity contribution < 1.29 is 0 Å². The molecule has 0 radical (unpaired) electrons. The summed E-state index contributed by atoms with van der Waals surface area (Å²) >= 11 is 0. The van der Waals surface area contributed by atoms with Gasteiger partial charge in [-0.25, -0.2) is 0 Å². The Hall–Kier alpha value is -0.0800. The Balaban J connectivity index is 1.92. The van der Waals surface area contributed by atoms with Crippen LogP contribution in [0.3, 0.4) is 0 Å². The fourth-order valence-electron chi connectivity index (χ4n) is 3.27. The topological polar surface area (TPSA) is 29.3 Å². The third-order valence-corrected chi connectivity index (χ3v) is 4.49. The van der Waals surface area contributed by atoms with E-state index in [2.05, 4.69) is 11.8 Å². The van der Waals surface area contributed by atoms with Gasteiger partial charge in [0.25, 0.3) is 0 Å².